The van der Waals surface area contributed by atoms with Crippen molar-refractivity contribution in [2.75, 3.05) is 0 Å². The van der Waals surface area contributed by atoms with Gasteiger partial charge in [0.05, 0.1) is 23.6 Å². The number of fused-ring (bicyclic) bond motifs is 1. The van der Waals surface area contributed by atoms with Crippen LogP contribution in [0.5, 0.6) is 0 Å². The van der Waals surface area contributed by atoms with Crippen molar-refractivity contribution in [3.05, 3.63) is 82.6 Å². The summed E-state index contributed by atoms with van der Waals surface area (Å²) in [5.74, 6) is -1.04. The van der Waals surface area contributed by atoms with Crippen LogP contribution < -0.4 is 0 Å². The van der Waals surface area contributed by atoms with Crippen LogP contribution in [0.4, 0.5) is 4.39 Å². The molecule has 142 valence electrons. The van der Waals surface area contributed by atoms with Crippen LogP contribution in [0.3, 0.4) is 0 Å². The molecule has 0 aliphatic carbocycles. The summed E-state index contributed by atoms with van der Waals surface area (Å²) in [5.41, 5.74) is 2.43. The van der Waals surface area contributed by atoms with Gasteiger partial charge in [0.1, 0.15) is 5.52 Å². The van der Waals surface area contributed by atoms with Gasteiger partial charge in [0.2, 0.25) is 0 Å². The lowest BCUT2D eigenvalue weighted by molar-refractivity contribution is 0.0725. The summed E-state index contributed by atoms with van der Waals surface area (Å²) < 4.78 is 16.5. The van der Waals surface area contributed by atoms with Crippen LogP contribution in [-0.2, 0) is 20.1 Å². The number of nitrogens with one attached hydrogen (secondary N) is 1. The van der Waals surface area contributed by atoms with E-state index in [4.69, 9.17) is 11.6 Å². The van der Waals surface area contributed by atoms with E-state index in [0.717, 1.165) is 11.1 Å². The van der Waals surface area contributed by atoms with Crippen LogP contribution in [0, 0.1) is 5.82 Å². The van der Waals surface area contributed by atoms with E-state index in [1.807, 2.05) is 18.3 Å². The zero-order chi connectivity index (χ0) is 19.7. The Morgan fingerprint density at radius 3 is 2.64 bits per heavy atom. The number of hydrogen-bond donors (Lipinski definition) is 1. The summed E-state index contributed by atoms with van der Waals surface area (Å²) in [7, 11) is 1.81. The van der Waals surface area contributed by atoms with Gasteiger partial charge in [0.25, 0.3) is 5.91 Å². The molecule has 0 aliphatic heterocycles. The highest BCUT2D eigenvalue weighted by molar-refractivity contribution is 6.30. The summed E-state index contributed by atoms with van der Waals surface area (Å²) in [4.78, 5) is 21.6. The van der Waals surface area contributed by atoms with Gasteiger partial charge in [0, 0.05) is 36.9 Å². The first-order chi connectivity index (χ1) is 13.5. The molecule has 0 atom stereocenters. The second-order valence-corrected chi connectivity index (χ2v) is 6.97. The van der Waals surface area contributed by atoms with E-state index in [2.05, 4.69) is 15.1 Å². The van der Waals surface area contributed by atoms with Gasteiger partial charge < -0.3 is 9.88 Å². The first kappa shape index (κ1) is 18.2. The predicted octanol–water partition coefficient (Wildman–Crippen LogP) is 3.93. The van der Waals surface area contributed by atoms with Crippen molar-refractivity contribution >= 4 is 28.5 Å². The van der Waals surface area contributed by atoms with Crippen molar-refractivity contribution in [1.82, 2.24) is 24.6 Å². The lowest BCUT2D eigenvalue weighted by Crippen LogP contribution is -2.30. The molecular weight excluding hydrogens is 381 g/mol. The lowest BCUT2D eigenvalue weighted by atomic mass is 10.1. The lowest BCUT2D eigenvalue weighted by Gasteiger charge is -2.23. The minimum Gasteiger partial charge on any atom is -0.345 e. The molecule has 0 saturated heterocycles. The van der Waals surface area contributed by atoms with Gasteiger partial charge in [-0.1, -0.05) is 23.7 Å². The number of nitrogens with zero attached hydrogens (tertiary/aromatic N) is 4. The van der Waals surface area contributed by atoms with Crippen molar-refractivity contribution in [2.24, 2.45) is 7.05 Å². The number of amides is 1. The molecule has 0 radical (unpaired) electrons. The first-order valence-corrected chi connectivity index (χ1v) is 9.02. The van der Waals surface area contributed by atoms with E-state index in [0.29, 0.717) is 23.6 Å². The molecule has 0 unspecified atom stereocenters. The maximum atomic E-state index is 14.9. The number of halogens is 2. The molecular formula is C20H17ClFN5O. The number of rotatable bonds is 5. The molecule has 0 saturated carbocycles. The van der Waals surface area contributed by atoms with Crippen molar-refractivity contribution in [3.63, 3.8) is 0 Å². The van der Waals surface area contributed by atoms with Crippen LogP contribution in [0.2, 0.25) is 5.02 Å². The average Bonchev–Trinajstić information content (AvgIpc) is 3.32. The van der Waals surface area contributed by atoms with Crippen molar-refractivity contribution in [1.29, 1.82) is 0 Å². The van der Waals surface area contributed by atoms with Gasteiger partial charge in [-0.15, -0.1) is 0 Å². The minimum absolute atomic E-state index is 0.0162. The van der Waals surface area contributed by atoms with E-state index < -0.39 is 11.7 Å². The maximum Gasteiger partial charge on any atom is 0.257 e. The Morgan fingerprint density at radius 1 is 1.18 bits per heavy atom. The van der Waals surface area contributed by atoms with E-state index in [1.165, 1.54) is 12.4 Å². The molecule has 1 N–H and O–H groups in total. The fourth-order valence-electron chi connectivity index (χ4n) is 3.09. The molecule has 1 amide bonds. The van der Waals surface area contributed by atoms with Crippen LogP contribution in [0.1, 0.15) is 21.5 Å². The van der Waals surface area contributed by atoms with E-state index >= 15 is 0 Å². The zero-order valence-corrected chi connectivity index (χ0v) is 15.8. The average molecular weight is 398 g/mol. The molecule has 6 nitrogen and oxygen atoms in total. The number of aromatic amines is 1. The summed E-state index contributed by atoms with van der Waals surface area (Å²) in [6.07, 6.45) is 4.92. The molecule has 0 bridgehead atoms. The van der Waals surface area contributed by atoms with Crippen LogP contribution >= 0.6 is 11.6 Å². The SMILES string of the molecule is Cn1cc(CN(Cc2ccc(Cl)cc2)C(=O)c2ccc3[nH]cnc3c2F)cn1. The Bertz CT molecular complexity index is 1140. The summed E-state index contributed by atoms with van der Waals surface area (Å²) >= 11 is 5.95. The van der Waals surface area contributed by atoms with Crippen LogP contribution in [0.15, 0.2) is 55.1 Å². The number of aryl methyl sites for hydroxylation is 1. The predicted molar refractivity (Wildman–Crippen MR) is 104 cm³/mol. The standard InChI is InChI=1S/C20H17ClFN5O/c1-26-9-14(8-25-26)11-27(10-13-2-4-15(21)5-3-13)20(28)16-6-7-17-19(18(16)22)24-12-23-17/h2-9,12H,10-11H2,1H3,(H,23,24). The fraction of sp³-hybridized carbons (Fsp3) is 0.150. The van der Waals surface area contributed by atoms with Crippen molar-refractivity contribution in [2.45, 2.75) is 13.1 Å². The number of aromatic nitrogens is 4. The Balaban J connectivity index is 1.68. The van der Waals surface area contributed by atoms with Gasteiger partial charge >= 0.3 is 0 Å². The topological polar surface area (TPSA) is 66.8 Å². The molecule has 0 spiro atoms. The Kier molecular flexibility index (Phi) is 4.83. The van der Waals surface area contributed by atoms with E-state index in [9.17, 15) is 9.18 Å². The van der Waals surface area contributed by atoms with Crippen LogP contribution in [0.25, 0.3) is 11.0 Å². The first-order valence-electron chi connectivity index (χ1n) is 8.64. The van der Waals surface area contributed by atoms with Gasteiger partial charge in [-0.2, -0.15) is 5.10 Å². The van der Waals surface area contributed by atoms with E-state index in [1.54, 1.807) is 41.0 Å². The molecule has 4 rings (SSSR count). The monoisotopic (exact) mass is 397 g/mol. The third-order valence-corrected chi connectivity index (χ3v) is 4.72. The van der Waals surface area contributed by atoms with E-state index in [-0.39, 0.29) is 11.1 Å². The number of H-pyrrole nitrogens is 1. The summed E-state index contributed by atoms with van der Waals surface area (Å²) in [6, 6.07) is 10.4. The summed E-state index contributed by atoms with van der Waals surface area (Å²) in [5, 5.41) is 4.76. The number of carbonyl (C=O) groups excluding carboxylic acids is 1. The Labute approximate surface area is 165 Å². The minimum atomic E-state index is -0.629. The quantitative estimate of drug-likeness (QED) is 0.554. The normalized spacial score (nSPS) is 11.1. The second-order valence-electron chi connectivity index (χ2n) is 6.54. The van der Waals surface area contributed by atoms with Crippen molar-refractivity contribution in [3.8, 4) is 0 Å². The molecule has 4 aromatic rings. The highest BCUT2D eigenvalue weighted by atomic mass is 35.5. The molecule has 0 aliphatic rings. The van der Waals surface area contributed by atoms with Gasteiger partial charge in [-0.25, -0.2) is 9.37 Å². The van der Waals surface area contributed by atoms with Gasteiger partial charge in [-0.3, -0.25) is 9.48 Å². The van der Waals surface area contributed by atoms with Crippen molar-refractivity contribution < 1.29 is 9.18 Å². The second kappa shape index (κ2) is 7.44. The largest absolute Gasteiger partial charge is 0.345 e. The number of benzene rings is 2. The summed E-state index contributed by atoms with van der Waals surface area (Å²) in [6.45, 7) is 0.607. The molecule has 0 fully saturated rings. The highest BCUT2D eigenvalue weighted by Gasteiger charge is 2.22. The number of imidazole rings is 1. The van der Waals surface area contributed by atoms with Crippen LogP contribution in [-0.4, -0.2) is 30.6 Å². The molecule has 2 aromatic heterocycles. The van der Waals surface area contributed by atoms with Gasteiger partial charge in [-0.05, 0) is 29.8 Å². The third-order valence-electron chi connectivity index (χ3n) is 4.47. The third kappa shape index (κ3) is 3.61. The molecule has 2 heterocycles. The maximum absolute atomic E-state index is 14.9. The number of carbonyl (C=O) groups is 1. The molecule has 2 aromatic carbocycles. The number of hydrogen-bond acceptors (Lipinski definition) is 3. The smallest absolute Gasteiger partial charge is 0.257 e. The van der Waals surface area contributed by atoms with Gasteiger partial charge in [0.15, 0.2) is 5.82 Å². The zero-order valence-electron chi connectivity index (χ0n) is 15.1. The Hall–Kier alpha value is -3.19. The highest BCUT2D eigenvalue weighted by Crippen LogP contribution is 2.22. The fourth-order valence-corrected chi connectivity index (χ4v) is 3.22. The molecule has 8 heteroatoms. The molecule has 28 heavy (non-hydrogen) atoms. The Morgan fingerprint density at radius 2 is 1.93 bits per heavy atom.